The van der Waals surface area contributed by atoms with E-state index >= 15 is 0 Å². The number of oxazole rings is 1. The van der Waals surface area contributed by atoms with Gasteiger partial charge in [-0.1, -0.05) is 0 Å². The van der Waals surface area contributed by atoms with Crippen LogP contribution in [-0.2, 0) is 26.1 Å². The highest BCUT2D eigenvalue weighted by Gasteiger charge is 2.15. The maximum absolute atomic E-state index is 5.40. The van der Waals surface area contributed by atoms with E-state index in [1.165, 1.54) is 12.8 Å². The van der Waals surface area contributed by atoms with Crippen molar-refractivity contribution in [2.75, 3.05) is 0 Å². The summed E-state index contributed by atoms with van der Waals surface area (Å²) in [5.74, 6) is 3.68. The monoisotopic (exact) mass is 247 g/mol. The molecule has 1 N–H and O–H groups in total. The first-order valence-electron chi connectivity index (χ1n) is 6.36. The molecule has 6 heteroatoms. The number of nitrogens with one attached hydrogen (secondary N) is 1. The minimum Gasteiger partial charge on any atom is -0.445 e. The molecule has 0 aromatic carbocycles. The standard InChI is InChI=1S/C12H17N5O/c1-9-6-14-12(18-9)8-13-7-11-16-15-10-4-2-3-5-17(10)11/h6,13H,2-5,7-8H2,1H3. The van der Waals surface area contributed by atoms with E-state index in [2.05, 4.69) is 25.1 Å². The molecule has 1 aliphatic rings. The molecule has 0 saturated heterocycles. The number of nitrogens with zero attached hydrogens (tertiary/aromatic N) is 4. The van der Waals surface area contributed by atoms with Crippen molar-refractivity contribution in [2.24, 2.45) is 0 Å². The average Bonchev–Trinajstić information content (AvgIpc) is 2.97. The van der Waals surface area contributed by atoms with Gasteiger partial charge in [0.1, 0.15) is 17.4 Å². The fraction of sp³-hybridized carbons (Fsp3) is 0.583. The second kappa shape index (κ2) is 4.89. The van der Waals surface area contributed by atoms with Gasteiger partial charge in [0.2, 0.25) is 5.89 Å². The smallest absolute Gasteiger partial charge is 0.208 e. The Kier molecular flexibility index (Phi) is 3.10. The summed E-state index contributed by atoms with van der Waals surface area (Å²) in [4.78, 5) is 4.15. The molecule has 0 saturated carbocycles. The van der Waals surface area contributed by atoms with Crippen molar-refractivity contribution >= 4 is 0 Å². The molecule has 0 unspecified atom stereocenters. The van der Waals surface area contributed by atoms with Gasteiger partial charge in [0.15, 0.2) is 0 Å². The van der Waals surface area contributed by atoms with Crippen molar-refractivity contribution < 1.29 is 4.42 Å². The highest BCUT2D eigenvalue weighted by atomic mass is 16.4. The van der Waals surface area contributed by atoms with Crippen LogP contribution in [0.15, 0.2) is 10.6 Å². The normalized spacial score (nSPS) is 14.7. The van der Waals surface area contributed by atoms with E-state index in [4.69, 9.17) is 4.42 Å². The van der Waals surface area contributed by atoms with E-state index in [1.54, 1.807) is 6.20 Å². The lowest BCUT2D eigenvalue weighted by atomic mass is 10.2. The van der Waals surface area contributed by atoms with Gasteiger partial charge in [-0.3, -0.25) is 0 Å². The van der Waals surface area contributed by atoms with Gasteiger partial charge in [-0.25, -0.2) is 4.98 Å². The third kappa shape index (κ3) is 2.28. The van der Waals surface area contributed by atoms with Gasteiger partial charge in [0.05, 0.1) is 19.3 Å². The Morgan fingerprint density at radius 2 is 2.28 bits per heavy atom. The Hall–Kier alpha value is -1.69. The van der Waals surface area contributed by atoms with Gasteiger partial charge in [-0.2, -0.15) is 0 Å². The predicted octanol–water partition coefficient (Wildman–Crippen LogP) is 1.20. The largest absolute Gasteiger partial charge is 0.445 e. The molecule has 0 radical (unpaired) electrons. The van der Waals surface area contributed by atoms with Crippen LogP contribution in [0.1, 0.15) is 36.1 Å². The maximum Gasteiger partial charge on any atom is 0.208 e. The quantitative estimate of drug-likeness (QED) is 0.879. The maximum atomic E-state index is 5.40. The Morgan fingerprint density at radius 3 is 3.11 bits per heavy atom. The SMILES string of the molecule is Cc1cnc(CNCc2nnc3n2CCCC3)o1. The first kappa shape index (κ1) is 11.4. The van der Waals surface area contributed by atoms with Crippen LogP contribution in [0.5, 0.6) is 0 Å². The Labute approximate surface area is 105 Å². The second-order valence-corrected chi connectivity index (χ2v) is 4.61. The van der Waals surface area contributed by atoms with Crippen molar-refractivity contribution in [3.63, 3.8) is 0 Å². The van der Waals surface area contributed by atoms with Gasteiger partial charge in [-0.05, 0) is 19.8 Å². The van der Waals surface area contributed by atoms with Crippen LogP contribution in [0, 0.1) is 6.92 Å². The Morgan fingerprint density at radius 1 is 1.33 bits per heavy atom. The van der Waals surface area contributed by atoms with E-state index in [9.17, 15) is 0 Å². The molecule has 3 rings (SSSR count). The Balaban J connectivity index is 1.58. The molecule has 18 heavy (non-hydrogen) atoms. The molecule has 0 bridgehead atoms. The lowest BCUT2D eigenvalue weighted by Crippen LogP contribution is -2.19. The molecule has 6 nitrogen and oxygen atoms in total. The van der Waals surface area contributed by atoms with Crippen LogP contribution < -0.4 is 5.32 Å². The summed E-state index contributed by atoms with van der Waals surface area (Å²) in [6.07, 6.45) is 5.22. The molecule has 0 atom stereocenters. The summed E-state index contributed by atoms with van der Waals surface area (Å²) in [7, 11) is 0. The molecule has 1 aliphatic heterocycles. The number of aromatic nitrogens is 4. The Bertz CT molecular complexity index is 530. The summed E-state index contributed by atoms with van der Waals surface area (Å²) in [5.41, 5.74) is 0. The summed E-state index contributed by atoms with van der Waals surface area (Å²) in [5, 5.41) is 11.7. The van der Waals surface area contributed by atoms with Crippen molar-refractivity contribution in [2.45, 2.75) is 45.8 Å². The van der Waals surface area contributed by atoms with Crippen LogP contribution in [0.4, 0.5) is 0 Å². The zero-order valence-electron chi connectivity index (χ0n) is 10.5. The summed E-state index contributed by atoms with van der Waals surface area (Å²) < 4.78 is 7.62. The lowest BCUT2D eigenvalue weighted by Gasteiger charge is -2.14. The first-order valence-corrected chi connectivity index (χ1v) is 6.36. The molecule has 2 aromatic rings. The first-order chi connectivity index (χ1) is 8.83. The minimum absolute atomic E-state index is 0.621. The van der Waals surface area contributed by atoms with Crippen molar-refractivity contribution in [3.05, 3.63) is 29.5 Å². The molecule has 0 aliphatic carbocycles. The number of hydrogen-bond acceptors (Lipinski definition) is 5. The van der Waals surface area contributed by atoms with E-state index in [0.717, 1.165) is 30.4 Å². The summed E-state index contributed by atoms with van der Waals surface area (Å²) in [6, 6.07) is 0. The summed E-state index contributed by atoms with van der Waals surface area (Å²) >= 11 is 0. The minimum atomic E-state index is 0.621. The number of aryl methyl sites for hydroxylation is 2. The predicted molar refractivity (Wildman–Crippen MR) is 64.7 cm³/mol. The van der Waals surface area contributed by atoms with Gasteiger partial charge >= 0.3 is 0 Å². The lowest BCUT2D eigenvalue weighted by molar-refractivity contribution is 0.441. The topological polar surface area (TPSA) is 68.8 Å². The van der Waals surface area contributed by atoms with Gasteiger partial charge in [0.25, 0.3) is 0 Å². The highest BCUT2D eigenvalue weighted by Crippen LogP contribution is 2.14. The van der Waals surface area contributed by atoms with Crippen molar-refractivity contribution in [1.82, 2.24) is 25.1 Å². The van der Waals surface area contributed by atoms with Crippen LogP contribution in [0.3, 0.4) is 0 Å². The van der Waals surface area contributed by atoms with E-state index < -0.39 is 0 Å². The van der Waals surface area contributed by atoms with Gasteiger partial charge in [-0.15, -0.1) is 10.2 Å². The number of fused-ring (bicyclic) bond motifs is 1. The zero-order chi connectivity index (χ0) is 12.4. The second-order valence-electron chi connectivity index (χ2n) is 4.61. The molecule has 2 aromatic heterocycles. The van der Waals surface area contributed by atoms with Crippen molar-refractivity contribution in [1.29, 1.82) is 0 Å². The molecular formula is C12H17N5O. The van der Waals surface area contributed by atoms with Crippen LogP contribution in [-0.4, -0.2) is 19.7 Å². The number of hydrogen-bond donors (Lipinski definition) is 1. The molecule has 0 amide bonds. The fourth-order valence-electron chi connectivity index (χ4n) is 2.26. The zero-order valence-corrected chi connectivity index (χ0v) is 10.5. The molecule has 0 fully saturated rings. The average molecular weight is 247 g/mol. The van der Waals surface area contributed by atoms with Crippen molar-refractivity contribution in [3.8, 4) is 0 Å². The summed E-state index contributed by atoms with van der Waals surface area (Å²) in [6.45, 7) is 4.26. The molecule has 3 heterocycles. The molecular weight excluding hydrogens is 230 g/mol. The van der Waals surface area contributed by atoms with Crippen LogP contribution >= 0.6 is 0 Å². The van der Waals surface area contributed by atoms with Crippen LogP contribution in [0.2, 0.25) is 0 Å². The third-order valence-corrected chi connectivity index (χ3v) is 3.16. The molecule has 0 spiro atoms. The van der Waals surface area contributed by atoms with Crippen LogP contribution in [0.25, 0.3) is 0 Å². The highest BCUT2D eigenvalue weighted by molar-refractivity contribution is 4.99. The van der Waals surface area contributed by atoms with Gasteiger partial charge in [0, 0.05) is 13.0 Å². The van der Waals surface area contributed by atoms with Gasteiger partial charge < -0.3 is 14.3 Å². The fourth-order valence-corrected chi connectivity index (χ4v) is 2.26. The third-order valence-electron chi connectivity index (χ3n) is 3.16. The molecule has 96 valence electrons. The van der Waals surface area contributed by atoms with E-state index in [-0.39, 0.29) is 0 Å². The van der Waals surface area contributed by atoms with E-state index in [1.807, 2.05) is 6.92 Å². The van der Waals surface area contributed by atoms with E-state index in [0.29, 0.717) is 19.0 Å². The number of rotatable bonds is 4.